The average molecular weight is 359 g/mol. The molecule has 0 spiro atoms. The summed E-state index contributed by atoms with van der Waals surface area (Å²) in [6.07, 6.45) is -0.219. The first kappa shape index (κ1) is 17.3. The van der Waals surface area contributed by atoms with Crippen molar-refractivity contribution in [2.75, 3.05) is 11.4 Å². The van der Waals surface area contributed by atoms with E-state index in [1.807, 2.05) is 44.2 Å². The molecule has 0 bridgehead atoms. The quantitative estimate of drug-likeness (QED) is 0.589. The summed E-state index contributed by atoms with van der Waals surface area (Å²) < 4.78 is 6.02. The predicted octanol–water partition coefficient (Wildman–Crippen LogP) is 6.21. The third kappa shape index (κ3) is 3.62. The largest absolute Gasteiger partial charge is 0.468 e. The predicted molar refractivity (Wildman–Crippen MR) is 95.8 cm³/mol. The normalized spacial score (nSPS) is 12.1. The minimum Gasteiger partial charge on any atom is -0.468 e. The molecule has 0 amide bonds. The first-order chi connectivity index (χ1) is 10.5. The van der Waals surface area contributed by atoms with Crippen molar-refractivity contribution in [3.63, 3.8) is 0 Å². The summed E-state index contributed by atoms with van der Waals surface area (Å²) in [5.74, 6) is 0.465. The van der Waals surface area contributed by atoms with Crippen LogP contribution in [-0.4, -0.2) is 12.8 Å². The number of para-hydroxylation sites is 1. The van der Waals surface area contributed by atoms with Gasteiger partial charge < -0.3 is 9.64 Å². The van der Waals surface area contributed by atoms with Crippen LogP contribution in [-0.2, 0) is 0 Å². The summed E-state index contributed by atoms with van der Waals surface area (Å²) in [5, 5.41) is 1.40. The molecule has 0 saturated heterocycles. The molecule has 1 unspecified atom stereocenters. The molecule has 0 aliphatic rings. The van der Waals surface area contributed by atoms with Crippen molar-refractivity contribution in [1.29, 1.82) is 0 Å². The summed E-state index contributed by atoms with van der Waals surface area (Å²) >= 11 is 18.6. The number of ether oxygens (including phenoxy) is 1. The van der Waals surface area contributed by atoms with E-state index >= 15 is 0 Å². The average Bonchev–Trinajstić information content (AvgIpc) is 2.51. The summed E-state index contributed by atoms with van der Waals surface area (Å²) in [6.45, 7) is 6.68. The molecule has 0 saturated carbocycles. The monoisotopic (exact) mass is 357 g/mol. The van der Waals surface area contributed by atoms with Gasteiger partial charge >= 0.3 is 0 Å². The maximum atomic E-state index is 6.33. The van der Waals surface area contributed by atoms with E-state index in [9.17, 15) is 0 Å². The Balaban J connectivity index is 2.28. The van der Waals surface area contributed by atoms with Crippen molar-refractivity contribution in [3.8, 4) is 5.75 Å². The SMILES string of the molecule is CCN(c1ccccc1)C(C)Oc1c(Cl)cc(Cl)c(C)c1Cl. The van der Waals surface area contributed by atoms with E-state index < -0.39 is 0 Å². The first-order valence-corrected chi connectivity index (χ1v) is 8.21. The Morgan fingerprint density at radius 2 is 1.73 bits per heavy atom. The second-order valence-electron chi connectivity index (χ2n) is 4.95. The maximum absolute atomic E-state index is 6.33. The van der Waals surface area contributed by atoms with E-state index in [-0.39, 0.29) is 6.23 Å². The van der Waals surface area contributed by atoms with Gasteiger partial charge in [0, 0.05) is 17.3 Å². The molecule has 1 atom stereocenters. The summed E-state index contributed by atoms with van der Waals surface area (Å²) in [7, 11) is 0. The van der Waals surface area contributed by atoms with Crippen molar-refractivity contribution < 1.29 is 4.74 Å². The van der Waals surface area contributed by atoms with Gasteiger partial charge in [-0.1, -0.05) is 53.0 Å². The molecule has 2 aromatic rings. The Bertz CT molecular complexity index is 646. The summed E-state index contributed by atoms with van der Waals surface area (Å²) in [5.41, 5.74) is 1.84. The van der Waals surface area contributed by atoms with Gasteiger partial charge in [-0.25, -0.2) is 0 Å². The molecular formula is C17H18Cl3NO. The Morgan fingerprint density at radius 3 is 2.32 bits per heavy atom. The molecule has 2 aromatic carbocycles. The van der Waals surface area contributed by atoms with Gasteiger partial charge in [-0.05, 0) is 44.5 Å². The fourth-order valence-electron chi connectivity index (χ4n) is 2.28. The van der Waals surface area contributed by atoms with Gasteiger partial charge in [0.05, 0.1) is 10.0 Å². The zero-order chi connectivity index (χ0) is 16.3. The number of nitrogens with zero attached hydrogens (tertiary/aromatic N) is 1. The van der Waals surface area contributed by atoms with E-state index in [4.69, 9.17) is 39.5 Å². The van der Waals surface area contributed by atoms with Crippen molar-refractivity contribution in [1.82, 2.24) is 0 Å². The van der Waals surface area contributed by atoms with E-state index in [0.717, 1.165) is 17.8 Å². The topological polar surface area (TPSA) is 12.5 Å². The molecular weight excluding hydrogens is 341 g/mol. The van der Waals surface area contributed by atoms with Crippen LogP contribution in [0.2, 0.25) is 15.1 Å². The molecule has 0 aromatic heterocycles. The molecule has 22 heavy (non-hydrogen) atoms. The van der Waals surface area contributed by atoms with E-state index in [0.29, 0.717) is 20.8 Å². The number of anilines is 1. The highest BCUT2D eigenvalue weighted by Crippen LogP contribution is 2.40. The van der Waals surface area contributed by atoms with Crippen LogP contribution in [0.25, 0.3) is 0 Å². The highest BCUT2D eigenvalue weighted by Gasteiger charge is 2.19. The van der Waals surface area contributed by atoms with Crippen LogP contribution in [0.15, 0.2) is 36.4 Å². The van der Waals surface area contributed by atoms with Crippen molar-refractivity contribution >= 4 is 40.5 Å². The van der Waals surface area contributed by atoms with E-state index in [1.165, 1.54) is 0 Å². The molecule has 0 aliphatic carbocycles. The van der Waals surface area contributed by atoms with Gasteiger partial charge in [0.2, 0.25) is 0 Å². The second-order valence-corrected chi connectivity index (χ2v) is 6.14. The number of halogens is 3. The number of rotatable bonds is 5. The highest BCUT2D eigenvalue weighted by molar-refractivity contribution is 6.41. The fraction of sp³-hybridized carbons (Fsp3) is 0.294. The third-order valence-corrected chi connectivity index (χ3v) is 4.64. The Kier molecular flexibility index (Phi) is 5.85. The van der Waals surface area contributed by atoms with Crippen LogP contribution < -0.4 is 9.64 Å². The lowest BCUT2D eigenvalue weighted by molar-refractivity contribution is 0.216. The smallest absolute Gasteiger partial charge is 0.169 e. The molecule has 2 rings (SSSR count). The van der Waals surface area contributed by atoms with Crippen molar-refractivity contribution in [3.05, 3.63) is 57.0 Å². The summed E-state index contributed by atoms with van der Waals surface area (Å²) in [6, 6.07) is 11.7. The van der Waals surface area contributed by atoms with Gasteiger partial charge in [0.25, 0.3) is 0 Å². The van der Waals surface area contributed by atoms with Crippen molar-refractivity contribution in [2.45, 2.75) is 27.0 Å². The lowest BCUT2D eigenvalue weighted by Crippen LogP contribution is -2.37. The van der Waals surface area contributed by atoms with Crippen LogP contribution in [0.3, 0.4) is 0 Å². The minimum absolute atomic E-state index is 0.219. The standard InChI is InChI=1S/C17H18Cl3NO/c1-4-21(13-8-6-5-7-9-13)12(3)22-17-15(19)10-14(18)11(2)16(17)20/h5-10,12H,4H2,1-3H3. The van der Waals surface area contributed by atoms with Gasteiger partial charge in [-0.2, -0.15) is 0 Å². The van der Waals surface area contributed by atoms with Crippen LogP contribution >= 0.6 is 34.8 Å². The van der Waals surface area contributed by atoms with Gasteiger partial charge in [-0.3, -0.25) is 0 Å². The van der Waals surface area contributed by atoms with Crippen LogP contribution in [0.4, 0.5) is 5.69 Å². The van der Waals surface area contributed by atoms with Gasteiger partial charge in [0.1, 0.15) is 0 Å². The molecule has 0 N–H and O–H groups in total. The van der Waals surface area contributed by atoms with E-state index in [2.05, 4.69) is 11.8 Å². The molecule has 5 heteroatoms. The molecule has 0 fully saturated rings. The highest BCUT2D eigenvalue weighted by atomic mass is 35.5. The molecule has 0 heterocycles. The number of hydrogen-bond donors (Lipinski definition) is 0. The fourth-order valence-corrected chi connectivity index (χ4v) is 3.13. The lowest BCUT2D eigenvalue weighted by Gasteiger charge is -2.31. The lowest BCUT2D eigenvalue weighted by atomic mass is 10.2. The second kappa shape index (κ2) is 7.45. The van der Waals surface area contributed by atoms with Crippen LogP contribution in [0, 0.1) is 6.92 Å². The van der Waals surface area contributed by atoms with Gasteiger partial charge in [0.15, 0.2) is 12.0 Å². The first-order valence-electron chi connectivity index (χ1n) is 7.08. The van der Waals surface area contributed by atoms with Crippen LogP contribution in [0.5, 0.6) is 5.75 Å². The van der Waals surface area contributed by atoms with E-state index in [1.54, 1.807) is 6.07 Å². The maximum Gasteiger partial charge on any atom is 0.169 e. The third-order valence-electron chi connectivity index (χ3n) is 3.51. The molecule has 0 aliphatic heterocycles. The zero-order valence-corrected chi connectivity index (χ0v) is 15.0. The van der Waals surface area contributed by atoms with Gasteiger partial charge in [-0.15, -0.1) is 0 Å². The molecule has 0 radical (unpaired) electrons. The zero-order valence-electron chi connectivity index (χ0n) is 12.7. The minimum atomic E-state index is -0.219. The van der Waals surface area contributed by atoms with Crippen LogP contribution in [0.1, 0.15) is 19.4 Å². The number of benzene rings is 2. The van der Waals surface area contributed by atoms with Crippen molar-refractivity contribution in [2.24, 2.45) is 0 Å². The number of hydrogen-bond acceptors (Lipinski definition) is 2. The Labute approximate surface area is 146 Å². The Morgan fingerprint density at radius 1 is 1.09 bits per heavy atom. The molecule has 118 valence electrons. The molecule has 2 nitrogen and oxygen atoms in total. The summed E-state index contributed by atoms with van der Waals surface area (Å²) in [4.78, 5) is 2.12. The Hall–Kier alpha value is -1.09.